The Kier molecular flexibility index (Phi) is 6.72. The lowest BCUT2D eigenvalue weighted by Gasteiger charge is -2.30. The third-order valence-electron chi connectivity index (χ3n) is 5.14. The molecule has 4 atom stereocenters. The lowest BCUT2D eigenvalue weighted by molar-refractivity contribution is -0.158. The first-order valence-corrected chi connectivity index (χ1v) is 8.24. The molecule has 0 aromatic carbocycles. The summed E-state index contributed by atoms with van der Waals surface area (Å²) in [7, 11) is 0. The zero-order valence-electron chi connectivity index (χ0n) is 14.7. The fraction of sp³-hybridized carbons (Fsp3) is 0.556. The fourth-order valence-corrected chi connectivity index (χ4v) is 3.21. The van der Waals surface area contributed by atoms with Crippen LogP contribution < -0.4 is 0 Å². The van der Waals surface area contributed by atoms with Crippen molar-refractivity contribution in [2.24, 2.45) is 22.7 Å². The van der Waals surface area contributed by atoms with E-state index in [1.165, 1.54) is 26.0 Å². The number of hydrogen-bond acceptors (Lipinski definition) is 4. The predicted molar refractivity (Wildman–Crippen MR) is 90.5 cm³/mol. The van der Waals surface area contributed by atoms with Crippen LogP contribution in [0.5, 0.6) is 0 Å². The van der Waals surface area contributed by atoms with Gasteiger partial charge in [-0.05, 0) is 39.5 Å². The molecular formula is C18H24O8. The molecule has 4 N–H and O–H groups in total. The molecule has 144 valence electrons. The van der Waals surface area contributed by atoms with Crippen molar-refractivity contribution in [1.82, 2.24) is 0 Å². The van der Waals surface area contributed by atoms with E-state index >= 15 is 0 Å². The number of allylic oxidation sites excluding steroid dienone is 2. The van der Waals surface area contributed by atoms with Crippen molar-refractivity contribution in [3.63, 3.8) is 0 Å². The summed E-state index contributed by atoms with van der Waals surface area (Å²) in [6.45, 7) is 2.90. The van der Waals surface area contributed by atoms with E-state index in [2.05, 4.69) is 0 Å². The first-order valence-electron chi connectivity index (χ1n) is 8.24. The molecule has 0 saturated carbocycles. The molecule has 0 bridgehead atoms. The Morgan fingerprint density at radius 2 is 1.04 bits per heavy atom. The number of carboxylic acids is 4. The van der Waals surface area contributed by atoms with Gasteiger partial charge in [-0.15, -0.1) is 0 Å². The molecule has 0 aromatic heterocycles. The van der Waals surface area contributed by atoms with Crippen LogP contribution in [0.4, 0.5) is 0 Å². The highest BCUT2D eigenvalue weighted by atomic mass is 16.4. The van der Waals surface area contributed by atoms with Gasteiger partial charge in [-0.1, -0.05) is 24.3 Å². The molecule has 0 heterocycles. The van der Waals surface area contributed by atoms with Crippen LogP contribution in [-0.2, 0) is 19.2 Å². The monoisotopic (exact) mass is 368 g/mol. The van der Waals surface area contributed by atoms with E-state index in [9.17, 15) is 19.2 Å². The van der Waals surface area contributed by atoms with Crippen molar-refractivity contribution < 1.29 is 39.6 Å². The molecule has 8 heteroatoms. The SMILES string of the molecule is CC1(C(=O)O)C=CCCC1C(=O)O.CC1(C(=O)O)C=CCCC1C(=O)O. The van der Waals surface area contributed by atoms with Gasteiger partial charge in [-0.25, -0.2) is 0 Å². The molecular weight excluding hydrogens is 344 g/mol. The molecule has 0 aromatic rings. The molecule has 0 amide bonds. The third kappa shape index (κ3) is 4.30. The fourth-order valence-electron chi connectivity index (χ4n) is 3.21. The molecule has 8 nitrogen and oxygen atoms in total. The van der Waals surface area contributed by atoms with Crippen LogP contribution in [0.25, 0.3) is 0 Å². The van der Waals surface area contributed by atoms with Gasteiger partial charge in [0.15, 0.2) is 0 Å². The first-order chi connectivity index (χ1) is 12.0. The predicted octanol–water partition coefficient (Wildman–Crippen LogP) is 2.26. The number of aliphatic carboxylic acids is 4. The van der Waals surface area contributed by atoms with Gasteiger partial charge in [0.1, 0.15) is 0 Å². The second-order valence-electron chi connectivity index (χ2n) is 6.92. The molecule has 0 fully saturated rings. The second-order valence-corrected chi connectivity index (χ2v) is 6.92. The van der Waals surface area contributed by atoms with Crippen molar-refractivity contribution in [2.75, 3.05) is 0 Å². The topological polar surface area (TPSA) is 149 Å². The van der Waals surface area contributed by atoms with Gasteiger partial charge < -0.3 is 20.4 Å². The molecule has 0 radical (unpaired) electrons. The first kappa shape index (κ1) is 21.4. The normalized spacial score (nSPS) is 32.8. The van der Waals surface area contributed by atoms with Gasteiger partial charge in [-0.2, -0.15) is 0 Å². The standard InChI is InChI=1S/2C9H12O4/c2*1-9(8(12)13)5-3-2-4-6(9)7(10)11/h2*3,5-6H,2,4H2,1H3,(H,10,11)(H,12,13). The Hall–Kier alpha value is -2.64. The highest BCUT2D eigenvalue weighted by molar-refractivity contribution is 5.86. The van der Waals surface area contributed by atoms with E-state index in [4.69, 9.17) is 20.4 Å². The van der Waals surface area contributed by atoms with Crippen LogP contribution in [0, 0.1) is 22.7 Å². The van der Waals surface area contributed by atoms with Gasteiger partial charge in [-0.3, -0.25) is 19.2 Å². The van der Waals surface area contributed by atoms with Gasteiger partial charge in [0.2, 0.25) is 0 Å². The van der Waals surface area contributed by atoms with Crippen molar-refractivity contribution in [2.45, 2.75) is 39.5 Å². The minimum absolute atomic E-state index is 0.397. The summed E-state index contributed by atoms with van der Waals surface area (Å²) in [6.07, 6.45) is 8.50. The summed E-state index contributed by atoms with van der Waals surface area (Å²) in [5.41, 5.74) is -2.49. The summed E-state index contributed by atoms with van der Waals surface area (Å²) < 4.78 is 0. The average Bonchev–Trinajstić information content (AvgIpc) is 2.55. The Bertz CT molecular complexity index is 594. The largest absolute Gasteiger partial charge is 0.481 e. The molecule has 0 aliphatic heterocycles. The van der Waals surface area contributed by atoms with Crippen molar-refractivity contribution in [3.05, 3.63) is 24.3 Å². The van der Waals surface area contributed by atoms with E-state index < -0.39 is 46.5 Å². The van der Waals surface area contributed by atoms with Crippen LogP contribution in [0.3, 0.4) is 0 Å². The maximum atomic E-state index is 10.9. The minimum atomic E-state index is -1.25. The third-order valence-corrected chi connectivity index (χ3v) is 5.14. The van der Waals surface area contributed by atoms with Crippen LogP contribution in [0.15, 0.2) is 24.3 Å². The Balaban J connectivity index is 0.000000260. The van der Waals surface area contributed by atoms with Crippen LogP contribution >= 0.6 is 0 Å². The highest BCUT2D eigenvalue weighted by Crippen LogP contribution is 2.37. The molecule has 2 aliphatic rings. The molecule has 4 unspecified atom stereocenters. The Morgan fingerprint density at radius 3 is 1.23 bits per heavy atom. The van der Waals surface area contributed by atoms with E-state index in [0.29, 0.717) is 25.7 Å². The second kappa shape index (κ2) is 8.16. The quantitative estimate of drug-likeness (QED) is 0.552. The average molecular weight is 368 g/mol. The van der Waals surface area contributed by atoms with Gasteiger partial charge >= 0.3 is 23.9 Å². The van der Waals surface area contributed by atoms with E-state index in [-0.39, 0.29) is 0 Å². The summed E-state index contributed by atoms with van der Waals surface area (Å²) in [5.74, 6) is -5.83. The molecule has 26 heavy (non-hydrogen) atoms. The van der Waals surface area contributed by atoms with Gasteiger partial charge in [0, 0.05) is 0 Å². The van der Waals surface area contributed by atoms with Crippen LogP contribution in [-0.4, -0.2) is 44.3 Å². The lowest BCUT2D eigenvalue weighted by Crippen LogP contribution is -2.40. The zero-order valence-corrected chi connectivity index (χ0v) is 14.7. The van der Waals surface area contributed by atoms with E-state index in [0.717, 1.165) is 0 Å². The highest BCUT2D eigenvalue weighted by Gasteiger charge is 2.45. The van der Waals surface area contributed by atoms with Crippen molar-refractivity contribution in [3.8, 4) is 0 Å². The van der Waals surface area contributed by atoms with Crippen LogP contribution in [0.2, 0.25) is 0 Å². The summed E-state index contributed by atoms with van der Waals surface area (Å²) in [6, 6.07) is 0. The molecule has 0 saturated heterocycles. The lowest BCUT2D eigenvalue weighted by atomic mass is 9.71. The maximum Gasteiger partial charge on any atom is 0.314 e. The Labute approximate surface area is 150 Å². The summed E-state index contributed by atoms with van der Waals surface area (Å²) in [4.78, 5) is 43.3. The van der Waals surface area contributed by atoms with Crippen molar-refractivity contribution in [1.29, 1.82) is 0 Å². The molecule has 2 aliphatic carbocycles. The summed E-state index contributed by atoms with van der Waals surface area (Å²) >= 11 is 0. The number of carbonyl (C=O) groups is 4. The smallest absolute Gasteiger partial charge is 0.314 e. The Morgan fingerprint density at radius 1 is 0.731 bits per heavy atom. The van der Waals surface area contributed by atoms with Gasteiger partial charge in [0.05, 0.1) is 22.7 Å². The summed E-state index contributed by atoms with van der Waals surface area (Å²) in [5, 5.41) is 35.5. The zero-order chi connectivity index (χ0) is 20.1. The molecule has 0 spiro atoms. The van der Waals surface area contributed by atoms with Crippen molar-refractivity contribution >= 4 is 23.9 Å². The number of rotatable bonds is 4. The van der Waals surface area contributed by atoms with Crippen LogP contribution in [0.1, 0.15) is 39.5 Å². The number of carboxylic acid groups (broad SMARTS) is 4. The minimum Gasteiger partial charge on any atom is -0.481 e. The maximum absolute atomic E-state index is 10.9. The molecule has 2 rings (SSSR count). The van der Waals surface area contributed by atoms with Gasteiger partial charge in [0.25, 0.3) is 0 Å². The number of hydrogen-bond donors (Lipinski definition) is 4. The van der Waals surface area contributed by atoms with E-state index in [1.54, 1.807) is 12.2 Å². The van der Waals surface area contributed by atoms with E-state index in [1.807, 2.05) is 0 Å².